The Bertz CT molecular complexity index is 1130. The van der Waals surface area contributed by atoms with Gasteiger partial charge in [-0.2, -0.15) is 0 Å². The molecule has 3 aromatic rings. The van der Waals surface area contributed by atoms with Crippen LogP contribution < -0.4 is 5.43 Å². The van der Waals surface area contributed by atoms with E-state index in [4.69, 9.17) is 16.3 Å². The number of ether oxygens (including phenoxy) is 1. The van der Waals surface area contributed by atoms with Crippen LogP contribution in [0.3, 0.4) is 0 Å². The van der Waals surface area contributed by atoms with E-state index in [1.54, 1.807) is 6.92 Å². The molecule has 0 radical (unpaired) electrons. The summed E-state index contributed by atoms with van der Waals surface area (Å²) in [7, 11) is 0. The predicted octanol–water partition coefficient (Wildman–Crippen LogP) is 3.87. The lowest BCUT2D eigenvalue weighted by atomic mass is 10.1. The highest BCUT2D eigenvalue weighted by Gasteiger charge is 2.22. The minimum atomic E-state index is -0.768. The monoisotopic (exact) mass is 390 g/mol. The maximum Gasteiger partial charge on any atom is 0.355 e. The van der Waals surface area contributed by atoms with Gasteiger partial charge in [0, 0.05) is 17.8 Å². The fraction of sp³-hybridized carbons (Fsp3) is 0.111. The molecule has 138 valence electrons. The third-order valence-electron chi connectivity index (χ3n) is 3.85. The Balaban J connectivity index is 2.44. The van der Waals surface area contributed by atoms with Gasteiger partial charge in [-0.3, -0.25) is 14.9 Å². The van der Waals surface area contributed by atoms with Gasteiger partial charge < -0.3 is 9.30 Å². The summed E-state index contributed by atoms with van der Waals surface area (Å²) in [6.07, 6.45) is 0. The van der Waals surface area contributed by atoms with Crippen LogP contribution in [0, 0.1) is 15.9 Å². The Hall–Kier alpha value is -3.26. The highest BCUT2D eigenvalue weighted by atomic mass is 35.5. The molecule has 0 amide bonds. The number of carbonyl (C=O) groups is 1. The number of esters is 1. The molecule has 0 aliphatic heterocycles. The highest BCUT2D eigenvalue weighted by Crippen LogP contribution is 2.30. The van der Waals surface area contributed by atoms with E-state index in [2.05, 4.69) is 0 Å². The maximum absolute atomic E-state index is 13.3. The van der Waals surface area contributed by atoms with E-state index >= 15 is 0 Å². The number of fused-ring (bicyclic) bond motifs is 1. The Morgan fingerprint density at radius 2 is 1.93 bits per heavy atom. The standard InChI is InChI=1S/C18H12ClFN2O5/c1-2-27-18(24)16-9-17(23)12-7-15(22(25)26)13(19)8-14(12)21(16)11-5-3-10(20)4-6-11/h3-9H,2H2,1H3. The van der Waals surface area contributed by atoms with Gasteiger partial charge in [-0.15, -0.1) is 0 Å². The van der Waals surface area contributed by atoms with Crippen LogP contribution in [0.25, 0.3) is 16.6 Å². The second-order valence-corrected chi connectivity index (χ2v) is 5.91. The first-order valence-corrected chi connectivity index (χ1v) is 8.18. The number of hydrogen-bond donors (Lipinski definition) is 0. The summed E-state index contributed by atoms with van der Waals surface area (Å²) >= 11 is 6.00. The van der Waals surface area contributed by atoms with Crippen molar-refractivity contribution in [2.75, 3.05) is 6.61 Å². The quantitative estimate of drug-likeness (QED) is 0.383. The zero-order chi connectivity index (χ0) is 19.7. The molecule has 1 heterocycles. The minimum absolute atomic E-state index is 0.0107. The Morgan fingerprint density at radius 3 is 2.52 bits per heavy atom. The summed E-state index contributed by atoms with van der Waals surface area (Å²) in [6, 6.07) is 8.47. The summed E-state index contributed by atoms with van der Waals surface area (Å²) < 4.78 is 19.7. The van der Waals surface area contributed by atoms with E-state index in [0.717, 1.165) is 12.1 Å². The average molecular weight is 391 g/mol. The number of nitro groups is 1. The lowest BCUT2D eigenvalue weighted by molar-refractivity contribution is -0.384. The number of halogens is 2. The number of carbonyl (C=O) groups excluding carboxylic acids is 1. The SMILES string of the molecule is CCOC(=O)c1cc(=O)c2cc([N+](=O)[O-])c(Cl)cc2n1-c1ccc(F)cc1. The first-order valence-electron chi connectivity index (χ1n) is 7.80. The van der Waals surface area contributed by atoms with Crippen LogP contribution in [-0.4, -0.2) is 22.1 Å². The number of hydrogen-bond acceptors (Lipinski definition) is 5. The van der Waals surface area contributed by atoms with Gasteiger partial charge in [0.25, 0.3) is 5.69 Å². The molecule has 0 aliphatic carbocycles. The van der Waals surface area contributed by atoms with Gasteiger partial charge in [0.15, 0.2) is 5.43 Å². The number of benzene rings is 2. The van der Waals surface area contributed by atoms with E-state index in [9.17, 15) is 24.1 Å². The van der Waals surface area contributed by atoms with Crippen molar-refractivity contribution in [1.29, 1.82) is 0 Å². The largest absolute Gasteiger partial charge is 0.461 e. The van der Waals surface area contributed by atoms with Crippen molar-refractivity contribution in [3.63, 3.8) is 0 Å². The molecule has 0 spiro atoms. The van der Waals surface area contributed by atoms with Crippen LogP contribution in [0.2, 0.25) is 5.02 Å². The summed E-state index contributed by atoms with van der Waals surface area (Å²) in [4.78, 5) is 35.3. The molecule has 0 fully saturated rings. The van der Waals surface area contributed by atoms with Crippen LogP contribution in [0.5, 0.6) is 0 Å². The molecule has 3 rings (SSSR count). The van der Waals surface area contributed by atoms with Gasteiger partial charge in [-0.25, -0.2) is 9.18 Å². The van der Waals surface area contributed by atoms with Crippen molar-refractivity contribution in [1.82, 2.24) is 4.57 Å². The van der Waals surface area contributed by atoms with Crippen molar-refractivity contribution in [3.8, 4) is 5.69 Å². The molecular formula is C18H12ClFN2O5. The van der Waals surface area contributed by atoms with Gasteiger partial charge in [-0.1, -0.05) is 11.6 Å². The van der Waals surface area contributed by atoms with E-state index in [1.807, 2.05) is 0 Å². The van der Waals surface area contributed by atoms with Crippen molar-refractivity contribution in [3.05, 3.63) is 79.3 Å². The molecular weight excluding hydrogens is 379 g/mol. The van der Waals surface area contributed by atoms with Gasteiger partial charge in [0.05, 0.1) is 22.4 Å². The molecule has 27 heavy (non-hydrogen) atoms. The van der Waals surface area contributed by atoms with Crippen molar-refractivity contribution in [2.45, 2.75) is 6.92 Å². The average Bonchev–Trinajstić information content (AvgIpc) is 2.62. The van der Waals surface area contributed by atoms with Crippen LogP contribution >= 0.6 is 11.6 Å². The van der Waals surface area contributed by atoms with E-state index in [1.165, 1.54) is 34.9 Å². The van der Waals surface area contributed by atoms with Gasteiger partial charge in [-0.05, 0) is 37.3 Å². The minimum Gasteiger partial charge on any atom is -0.461 e. The number of pyridine rings is 1. The summed E-state index contributed by atoms with van der Waals surface area (Å²) in [5.74, 6) is -1.26. The second-order valence-electron chi connectivity index (χ2n) is 5.50. The number of aromatic nitrogens is 1. The Morgan fingerprint density at radius 1 is 1.26 bits per heavy atom. The summed E-state index contributed by atoms with van der Waals surface area (Å²) in [5.41, 5.74) is -0.630. The number of nitro benzene ring substituents is 1. The Labute approximate surface area is 156 Å². The molecule has 0 unspecified atom stereocenters. The molecule has 0 aliphatic rings. The van der Waals surface area contributed by atoms with E-state index < -0.39 is 27.8 Å². The van der Waals surface area contributed by atoms with E-state index in [-0.39, 0.29) is 28.2 Å². The molecule has 9 heteroatoms. The zero-order valence-corrected chi connectivity index (χ0v) is 14.7. The molecule has 0 saturated carbocycles. The summed E-state index contributed by atoms with van der Waals surface area (Å²) in [5, 5.41) is 10.9. The maximum atomic E-state index is 13.3. The molecule has 0 atom stereocenters. The van der Waals surface area contributed by atoms with E-state index in [0.29, 0.717) is 5.69 Å². The van der Waals surface area contributed by atoms with Crippen LogP contribution in [0.4, 0.5) is 10.1 Å². The number of nitrogens with zero attached hydrogens (tertiary/aromatic N) is 2. The molecule has 0 bridgehead atoms. The smallest absolute Gasteiger partial charge is 0.355 e. The Kier molecular flexibility index (Phi) is 4.91. The molecule has 2 aromatic carbocycles. The molecule has 0 saturated heterocycles. The third-order valence-corrected chi connectivity index (χ3v) is 4.15. The van der Waals surface area contributed by atoms with Crippen LogP contribution in [0.15, 0.2) is 47.3 Å². The third kappa shape index (κ3) is 3.39. The normalized spacial score (nSPS) is 10.8. The lowest BCUT2D eigenvalue weighted by Gasteiger charge is -2.16. The van der Waals surface area contributed by atoms with Crippen molar-refractivity contribution < 1.29 is 18.8 Å². The molecule has 1 aromatic heterocycles. The van der Waals surface area contributed by atoms with Gasteiger partial charge in [0.1, 0.15) is 16.5 Å². The van der Waals surface area contributed by atoms with Crippen molar-refractivity contribution in [2.24, 2.45) is 0 Å². The zero-order valence-electron chi connectivity index (χ0n) is 13.9. The fourth-order valence-electron chi connectivity index (χ4n) is 2.69. The lowest BCUT2D eigenvalue weighted by Crippen LogP contribution is -2.19. The highest BCUT2D eigenvalue weighted by molar-refractivity contribution is 6.33. The van der Waals surface area contributed by atoms with Gasteiger partial charge in [0.2, 0.25) is 0 Å². The topological polar surface area (TPSA) is 91.4 Å². The molecule has 0 N–H and O–H groups in total. The van der Waals surface area contributed by atoms with Crippen LogP contribution in [-0.2, 0) is 4.74 Å². The fourth-order valence-corrected chi connectivity index (χ4v) is 2.92. The first kappa shape index (κ1) is 18.5. The van der Waals surface area contributed by atoms with Crippen LogP contribution in [0.1, 0.15) is 17.4 Å². The number of rotatable bonds is 4. The summed E-state index contributed by atoms with van der Waals surface area (Å²) in [6.45, 7) is 1.69. The first-order chi connectivity index (χ1) is 12.8. The second kappa shape index (κ2) is 7.16. The van der Waals surface area contributed by atoms with Gasteiger partial charge >= 0.3 is 5.97 Å². The predicted molar refractivity (Wildman–Crippen MR) is 97.1 cm³/mol. The van der Waals surface area contributed by atoms with Crippen molar-refractivity contribution >= 4 is 34.2 Å². The molecule has 7 nitrogen and oxygen atoms in total.